The second-order valence-electron chi connectivity index (χ2n) is 1.79. The Morgan fingerprint density at radius 2 is 2.09 bits per heavy atom. The molecular formula is C6H10O4S. The van der Waals surface area contributed by atoms with Crippen molar-refractivity contribution in [3.63, 3.8) is 0 Å². The van der Waals surface area contributed by atoms with E-state index < -0.39 is 10.1 Å². The molecule has 0 rings (SSSR count). The Labute approximate surface area is 66.2 Å². The van der Waals surface area contributed by atoms with Gasteiger partial charge in [-0.15, -0.1) is 0 Å². The number of ether oxygens (including phenoxy) is 1. The highest BCUT2D eigenvalue weighted by Gasteiger charge is 2.01. The van der Waals surface area contributed by atoms with E-state index in [1.165, 1.54) is 19.4 Å². The summed E-state index contributed by atoms with van der Waals surface area (Å²) in [7, 11) is -2.03. The number of hydrogen-bond acceptors (Lipinski definition) is 4. The van der Waals surface area contributed by atoms with Gasteiger partial charge in [-0.1, -0.05) is 6.58 Å². The van der Waals surface area contributed by atoms with E-state index in [2.05, 4.69) is 15.5 Å². The molecule has 0 amide bonds. The summed E-state index contributed by atoms with van der Waals surface area (Å²) in [5, 5.41) is 0. The van der Waals surface area contributed by atoms with Crippen molar-refractivity contribution in [2.45, 2.75) is 0 Å². The first-order valence-electron chi connectivity index (χ1n) is 2.73. The highest BCUT2D eigenvalue weighted by atomic mass is 32.2. The molecule has 0 unspecified atom stereocenters. The molecule has 0 fully saturated rings. The van der Waals surface area contributed by atoms with Gasteiger partial charge in [0.05, 0.1) is 19.6 Å². The van der Waals surface area contributed by atoms with Gasteiger partial charge >= 0.3 is 10.1 Å². The fourth-order valence-corrected chi connectivity index (χ4v) is 0.811. The zero-order valence-electron chi connectivity index (χ0n) is 6.40. The van der Waals surface area contributed by atoms with E-state index >= 15 is 0 Å². The molecule has 0 aromatic heterocycles. The maximum Gasteiger partial charge on any atom is 0.306 e. The molecule has 0 saturated heterocycles. The van der Waals surface area contributed by atoms with Crippen LogP contribution in [-0.4, -0.2) is 21.8 Å². The summed E-state index contributed by atoms with van der Waals surface area (Å²) < 4.78 is 29.8. The molecular weight excluding hydrogens is 168 g/mol. The van der Waals surface area contributed by atoms with Crippen molar-refractivity contribution in [3.8, 4) is 0 Å². The summed E-state index contributed by atoms with van der Waals surface area (Å²) in [6.45, 7) is 3.31. The molecule has 64 valence electrons. The molecule has 0 radical (unpaired) electrons. The maximum atomic E-state index is 10.4. The van der Waals surface area contributed by atoms with Crippen LogP contribution in [0.5, 0.6) is 0 Å². The van der Waals surface area contributed by atoms with E-state index in [-0.39, 0.29) is 5.76 Å². The molecule has 0 atom stereocenters. The van der Waals surface area contributed by atoms with Gasteiger partial charge in [-0.05, 0) is 0 Å². The Balaban J connectivity index is 4.00. The van der Waals surface area contributed by atoms with Crippen molar-refractivity contribution in [1.82, 2.24) is 0 Å². The second kappa shape index (κ2) is 4.02. The van der Waals surface area contributed by atoms with Crippen LogP contribution in [0.1, 0.15) is 0 Å². The smallest absolute Gasteiger partial charge is 0.306 e. The summed E-state index contributed by atoms with van der Waals surface area (Å²) in [6, 6.07) is 0. The van der Waals surface area contributed by atoms with Gasteiger partial charge < -0.3 is 8.92 Å². The topological polar surface area (TPSA) is 52.6 Å². The quantitative estimate of drug-likeness (QED) is 0.360. The van der Waals surface area contributed by atoms with Gasteiger partial charge in [-0.3, -0.25) is 0 Å². The minimum Gasteiger partial charge on any atom is -0.504 e. The molecule has 0 aromatic rings. The molecule has 0 saturated carbocycles. The van der Waals surface area contributed by atoms with Crippen molar-refractivity contribution in [3.05, 3.63) is 24.7 Å². The minimum atomic E-state index is -3.46. The molecule has 5 heteroatoms. The fourth-order valence-electron chi connectivity index (χ4n) is 0.366. The lowest BCUT2D eigenvalue weighted by Crippen LogP contribution is -2.00. The van der Waals surface area contributed by atoms with Crippen LogP contribution in [0, 0.1) is 0 Å². The molecule has 0 N–H and O–H groups in total. The lowest BCUT2D eigenvalue weighted by Gasteiger charge is -1.99. The van der Waals surface area contributed by atoms with Crippen molar-refractivity contribution in [2.24, 2.45) is 0 Å². The Kier molecular flexibility index (Phi) is 3.67. The highest BCUT2D eigenvalue weighted by Crippen LogP contribution is 2.00. The molecule has 0 heterocycles. The number of methoxy groups -OCH3 is 1. The molecule has 0 spiro atoms. The SMILES string of the molecule is C=C(/C=C/OC)OS(C)(=O)=O. The van der Waals surface area contributed by atoms with Gasteiger partial charge in [0.25, 0.3) is 0 Å². The normalized spacial score (nSPS) is 11.5. The van der Waals surface area contributed by atoms with E-state index in [0.29, 0.717) is 0 Å². The van der Waals surface area contributed by atoms with E-state index in [0.717, 1.165) is 6.26 Å². The molecule has 4 nitrogen and oxygen atoms in total. The van der Waals surface area contributed by atoms with E-state index in [1.807, 2.05) is 0 Å². The Hall–Kier alpha value is -0.970. The van der Waals surface area contributed by atoms with Crippen molar-refractivity contribution >= 4 is 10.1 Å². The standard InChI is InChI=1S/C6H10O4S/c1-6(4-5-9-2)10-11(3,7)8/h4-5H,1H2,2-3H3/b5-4+. The first-order valence-corrected chi connectivity index (χ1v) is 4.55. The predicted octanol–water partition coefficient (Wildman–Crippen LogP) is 0.636. The van der Waals surface area contributed by atoms with Gasteiger partial charge in [-0.25, -0.2) is 0 Å². The Morgan fingerprint density at radius 1 is 1.55 bits per heavy atom. The number of allylic oxidation sites excluding steroid dienone is 1. The fraction of sp³-hybridized carbons (Fsp3) is 0.333. The summed E-state index contributed by atoms with van der Waals surface area (Å²) in [5.74, 6) is 0.0225. The number of rotatable bonds is 4. The third-order valence-corrected chi connectivity index (χ3v) is 1.17. The van der Waals surface area contributed by atoms with Crippen LogP contribution < -0.4 is 0 Å². The van der Waals surface area contributed by atoms with Gasteiger partial charge in [0.2, 0.25) is 0 Å². The molecule has 0 aliphatic carbocycles. The lowest BCUT2D eigenvalue weighted by molar-refractivity contribution is 0.334. The summed E-state index contributed by atoms with van der Waals surface area (Å²) in [5.41, 5.74) is 0. The highest BCUT2D eigenvalue weighted by molar-refractivity contribution is 7.86. The van der Waals surface area contributed by atoms with Crippen LogP contribution in [0.15, 0.2) is 24.7 Å². The minimum absolute atomic E-state index is 0.0225. The van der Waals surface area contributed by atoms with Crippen molar-refractivity contribution in [1.29, 1.82) is 0 Å². The Morgan fingerprint density at radius 3 is 2.45 bits per heavy atom. The third kappa shape index (κ3) is 6.92. The van der Waals surface area contributed by atoms with E-state index in [9.17, 15) is 8.42 Å². The average molecular weight is 178 g/mol. The molecule has 0 bridgehead atoms. The first-order chi connectivity index (χ1) is 4.95. The summed E-state index contributed by atoms with van der Waals surface area (Å²) in [6.07, 6.45) is 3.52. The van der Waals surface area contributed by atoms with Crippen molar-refractivity contribution in [2.75, 3.05) is 13.4 Å². The van der Waals surface area contributed by atoms with Gasteiger partial charge in [0.15, 0.2) is 0 Å². The number of hydrogen-bond donors (Lipinski definition) is 0. The van der Waals surface area contributed by atoms with Crippen LogP contribution in [0.2, 0.25) is 0 Å². The van der Waals surface area contributed by atoms with E-state index in [1.54, 1.807) is 0 Å². The summed E-state index contributed by atoms with van der Waals surface area (Å²) in [4.78, 5) is 0. The lowest BCUT2D eigenvalue weighted by atomic mass is 10.5. The van der Waals surface area contributed by atoms with Crippen LogP contribution in [0.25, 0.3) is 0 Å². The van der Waals surface area contributed by atoms with Crippen LogP contribution in [0.4, 0.5) is 0 Å². The van der Waals surface area contributed by atoms with Gasteiger partial charge in [0.1, 0.15) is 5.76 Å². The summed E-state index contributed by atoms with van der Waals surface area (Å²) >= 11 is 0. The predicted molar refractivity (Wildman–Crippen MR) is 41.2 cm³/mol. The molecule has 0 aliphatic heterocycles. The molecule has 0 aromatic carbocycles. The first kappa shape index (κ1) is 10.0. The Bertz CT molecular complexity index is 250. The van der Waals surface area contributed by atoms with E-state index in [4.69, 9.17) is 0 Å². The molecule has 0 aliphatic rings. The largest absolute Gasteiger partial charge is 0.504 e. The van der Waals surface area contributed by atoms with Gasteiger partial charge in [-0.2, -0.15) is 8.42 Å². The van der Waals surface area contributed by atoms with Crippen LogP contribution in [-0.2, 0) is 19.0 Å². The second-order valence-corrected chi connectivity index (χ2v) is 3.37. The average Bonchev–Trinajstić information content (AvgIpc) is 1.79. The van der Waals surface area contributed by atoms with Crippen molar-refractivity contribution < 1.29 is 17.3 Å². The third-order valence-electron chi connectivity index (χ3n) is 0.648. The van der Waals surface area contributed by atoms with Crippen LogP contribution in [0.3, 0.4) is 0 Å². The molecule has 11 heavy (non-hydrogen) atoms. The monoisotopic (exact) mass is 178 g/mol. The van der Waals surface area contributed by atoms with Gasteiger partial charge in [0, 0.05) is 6.08 Å². The van der Waals surface area contributed by atoms with Crippen LogP contribution >= 0.6 is 0 Å². The zero-order valence-corrected chi connectivity index (χ0v) is 7.22. The zero-order chi connectivity index (χ0) is 8.91. The maximum absolute atomic E-state index is 10.4.